The SMILES string of the molecule is COC(=O)C1=C(C)NC(C)=C(C(=O)OC)C1c1ccccc1Nc1nc(-c2ccc(O)cc2)cs1. The lowest BCUT2D eigenvalue weighted by atomic mass is 9.79. The van der Waals surface area contributed by atoms with Crippen molar-refractivity contribution in [3.63, 3.8) is 0 Å². The van der Waals surface area contributed by atoms with Gasteiger partial charge in [0.2, 0.25) is 0 Å². The second-order valence-electron chi connectivity index (χ2n) is 7.92. The minimum Gasteiger partial charge on any atom is -0.508 e. The smallest absolute Gasteiger partial charge is 0.336 e. The molecule has 0 amide bonds. The Morgan fingerprint density at radius 2 is 1.57 bits per heavy atom. The minimum atomic E-state index is -0.712. The summed E-state index contributed by atoms with van der Waals surface area (Å²) in [7, 11) is 2.63. The summed E-state index contributed by atoms with van der Waals surface area (Å²) in [5.41, 5.74) is 4.89. The molecule has 0 spiro atoms. The van der Waals surface area contributed by atoms with Crippen LogP contribution < -0.4 is 10.6 Å². The maximum Gasteiger partial charge on any atom is 0.336 e. The van der Waals surface area contributed by atoms with Gasteiger partial charge in [-0.3, -0.25) is 0 Å². The number of rotatable bonds is 6. The highest BCUT2D eigenvalue weighted by Crippen LogP contribution is 2.42. The van der Waals surface area contributed by atoms with Gasteiger partial charge in [0.05, 0.1) is 37.0 Å². The third kappa shape index (κ3) is 4.76. The topological polar surface area (TPSA) is 110 Å². The highest BCUT2D eigenvalue weighted by Gasteiger charge is 2.38. The number of carbonyl (C=O) groups is 2. The second kappa shape index (κ2) is 10.0. The summed E-state index contributed by atoms with van der Waals surface area (Å²) in [5.74, 6) is -1.59. The maximum atomic E-state index is 12.8. The fourth-order valence-electron chi connectivity index (χ4n) is 4.14. The van der Waals surface area contributed by atoms with Crippen molar-refractivity contribution in [3.8, 4) is 17.0 Å². The largest absolute Gasteiger partial charge is 0.508 e. The van der Waals surface area contributed by atoms with Gasteiger partial charge in [-0.2, -0.15) is 0 Å². The van der Waals surface area contributed by atoms with Crippen LogP contribution in [0.4, 0.5) is 10.8 Å². The lowest BCUT2D eigenvalue weighted by Crippen LogP contribution is -2.32. The van der Waals surface area contributed by atoms with Crippen molar-refractivity contribution in [2.75, 3.05) is 19.5 Å². The van der Waals surface area contributed by atoms with Crippen molar-refractivity contribution < 1.29 is 24.2 Å². The molecule has 35 heavy (non-hydrogen) atoms. The van der Waals surface area contributed by atoms with Gasteiger partial charge in [-0.05, 0) is 49.7 Å². The van der Waals surface area contributed by atoms with Crippen LogP contribution in [0.25, 0.3) is 11.3 Å². The van der Waals surface area contributed by atoms with Crippen molar-refractivity contribution in [2.45, 2.75) is 19.8 Å². The molecule has 3 N–H and O–H groups in total. The van der Waals surface area contributed by atoms with E-state index in [2.05, 4.69) is 15.6 Å². The van der Waals surface area contributed by atoms with E-state index < -0.39 is 17.9 Å². The number of benzene rings is 2. The summed E-state index contributed by atoms with van der Waals surface area (Å²) in [6.45, 7) is 3.55. The van der Waals surface area contributed by atoms with Crippen LogP contribution in [0.3, 0.4) is 0 Å². The lowest BCUT2D eigenvalue weighted by Gasteiger charge is -2.31. The summed E-state index contributed by atoms with van der Waals surface area (Å²) in [5, 5.41) is 18.5. The molecule has 8 nitrogen and oxygen atoms in total. The molecule has 0 radical (unpaired) electrons. The van der Waals surface area contributed by atoms with Crippen molar-refractivity contribution in [2.24, 2.45) is 0 Å². The summed E-state index contributed by atoms with van der Waals surface area (Å²) in [4.78, 5) is 30.3. The van der Waals surface area contributed by atoms with E-state index in [1.807, 2.05) is 29.6 Å². The van der Waals surface area contributed by atoms with Gasteiger partial charge in [0.1, 0.15) is 5.75 Å². The normalized spacial score (nSPS) is 13.9. The van der Waals surface area contributed by atoms with Gasteiger partial charge in [-0.1, -0.05) is 18.2 Å². The highest BCUT2D eigenvalue weighted by molar-refractivity contribution is 7.14. The molecule has 9 heteroatoms. The van der Waals surface area contributed by atoms with Crippen LogP contribution in [-0.2, 0) is 19.1 Å². The Morgan fingerprint density at radius 1 is 0.971 bits per heavy atom. The average Bonchev–Trinajstić information content (AvgIpc) is 3.32. The van der Waals surface area contributed by atoms with Gasteiger partial charge in [0.15, 0.2) is 5.13 Å². The molecule has 1 aliphatic heterocycles. The Hall–Kier alpha value is -4.11. The number of anilines is 2. The van der Waals surface area contributed by atoms with E-state index >= 15 is 0 Å². The molecule has 1 aliphatic rings. The lowest BCUT2D eigenvalue weighted by molar-refractivity contribution is -0.137. The molecular formula is C26H25N3O5S. The van der Waals surface area contributed by atoms with Crippen LogP contribution >= 0.6 is 11.3 Å². The summed E-state index contributed by atoms with van der Waals surface area (Å²) >= 11 is 1.42. The number of ether oxygens (including phenoxy) is 2. The predicted molar refractivity (Wildman–Crippen MR) is 134 cm³/mol. The average molecular weight is 492 g/mol. The molecule has 180 valence electrons. The van der Waals surface area contributed by atoms with Crippen LogP contribution in [0, 0.1) is 0 Å². The zero-order valence-corrected chi connectivity index (χ0v) is 20.5. The number of allylic oxidation sites excluding steroid dienone is 2. The van der Waals surface area contributed by atoms with Crippen LogP contribution in [0.5, 0.6) is 5.75 Å². The number of esters is 2. The predicted octanol–water partition coefficient (Wildman–Crippen LogP) is 4.84. The number of phenolic OH excluding ortho intramolecular Hbond substituents is 1. The molecule has 2 aromatic carbocycles. The molecule has 2 heterocycles. The summed E-state index contributed by atoms with van der Waals surface area (Å²) in [6.07, 6.45) is 0. The first-order chi connectivity index (χ1) is 16.8. The number of nitrogens with zero attached hydrogens (tertiary/aromatic N) is 1. The number of hydrogen-bond acceptors (Lipinski definition) is 9. The van der Waals surface area contributed by atoms with Gasteiger partial charge >= 0.3 is 11.9 Å². The van der Waals surface area contributed by atoms with Gasteiger partial charge in [-0.25, -0.2) is 14.6 Å². The molecule has 0 saturated carbocycles. The number of para-hydroxylation sites is 1. The van der Waals surface area contributed by atoms with Crippen LogP contribution in [-0.4, -0.2) is 36.2 Å². The second-order valence-corrected chi connectivity index (χ2v) is 8.77. The third-order valence-electron chi connectivity index (χ3n) is 5.75. The van der Waals surface area contributed by atoms with E-state index in [1.165, 1.54) is 25.6 Å². The van der Waals surface area contributed by atoms with Crippen molar-refractivity contribution in [3.05, 3.63) is 82.0 Å². The molecule has 3 aromatic rings. The zero-order valence-electron chi connectivity index (χ0n) is 19.7. The Kier molecular flexibility index (Phi) is 6.88. The van der Waals surface area contributed by atoms with Crippen LogP contribution in [0.15, 0.2) is 76.5 Å². The fraction of sp³-hybridized carbons (Fsp3) is 0.192. The first kappa shape index (κ1) is 24.0. The van der Waals surface area contributed by atoms with Crippen LogP contribution in [0.1, 0.15) is 25.3 Å². The number of aromatic hydroxyl groups is 1. The van der Waals surface area contributed by atoms with E-state index in [1.54, 1.807) is 38.1 Å². The number of hydrogen-bond donors (Lipinski definition) is 3. The molecule has 0 saturated heterocycles. The van der Waals surface area contributed by atoms with Crippen molar-refractivity contribution >= 4 is 34.1 Å². The summed E-state index contributed by atoms with van der Waals surface area (Å²) < 4.78 is 10.1. The maximum absolute atomic E-state index is 12.8. The van der Waals surface area contributed by atoms with Crippen LogP contribution in [0.2, 0.25) is 0 Å². The molecule has 0 fully saturated rings. The fourth-order valence-corrected chi connectivity index (χ4v) is 4.87. The van der Waals surface area contributed by atoms with Crippen molar-refractivity contribution in [1.82, 2.24) is 10.3 Å². The Morgan fingerprint density at radius 3 is 2.17 bits per heavy atom. The number of carbonyl (C=O) groups excluding carboxylic acids is 2. The number of nitrogens with one attached hydrogen (secondary N) is 2. The van der Waals surface area contributed by atoms with E-state index in [-0.39, 0.29) is 5.75 Å². The zero-order chi connectivity index (χ0) is 25.1. The molecule has 0 atom stereocenters. The highest BCUT2D eigenvalue weighted by atomic mass is 32.1. The number of aromatic nitrogens is 1. The van der Waals surface area contributed by atoms with E-state index in [0.29, 0.717) is 38.9 Å². The quantitative estimate of drug-likeness (QED) is 0.420. The Labute approximate surface area is 206 Å². The Bertz CT molecular complexity index is 1300. The third-order valence-corrected chi connectivity index (χ3v) is 6.51. The Balaban J connectivity index is 1.77. The van der Waals surface area contributed by atoms with Gasteiger partial charge in [-0.15, -0.1) is 11.3 Å². The molecular weight excluding hydrogens is 466 g/mol. The minimum absolute atomic E-state index is 0.188. The summed E-state index contributed by atoms with van der Waals surface area (Å²) in [6, 6.07) is 14.3. The van der Waals surface area contributed by atoms with E-state index in [0.717, 1.165) is 11.3 Å². The standard InChI is InChI=1S/C26H25N3O5S/c1-14-21(24(31)33-3)23(22(15(2)27-14)25(32)34-4)18-7-5-6-8-19(18)28-26-29-20(13-35-26)16-9-11-17(30)12-10-16/h5-13,23,27,30H,1-4H3,(H,28,29). The van der Waals surface area contributed by atoms with Gasteiger partial charge in [0, 0.05) is 28.0 Å². The number of thiazole rings is 1. The van der Waals surface area contributed by atoms with Crippen molar-refractivity contribution in [1.29, 1.82) is 0 Å². The monoisotopic (exact) mass is 491 g/mol. The first-order valence-corrected chi connectivity index (χ1v) is 11.7. The van der Waals surface area contributed by atoms with Gasteiger partial charge in [0.25, 0.3) is 0 Å². The molecule has 1 aromatic heterocycles. The molecule has 0 unspecified atom stereocenters. The first-order valence-electron chi connectivity index (χ1n) is 10.8. The molecule has 4 rings (SSSR count). The van der Waals surface area contributed by atoms with E-state index in [9.17, 15) is 14.7 Å². The number of phenols is 1. The van der Waals surface area contributed by atoms with E-state index in [4.69, 9.17) is 9.47 Å². The number of methoxy groups -OCH3 is 2. The molecule has 0 aliphatic carbocycles. The van der Waals surface area contributed by atoms with Gasteiger partial charge < -0.3 is 25.2 Å². The number of dihydropyridines is 1. The molecule has 0 bridgehead atoms.